The molecular formula is C17H24N2O6S. The number of anilines is 1. The average Bonchev–Trinajstić information content (AvgIpc) is 2.61. The number of amides is 1. The van der Waals surface area contributed by atoms with E-state index in [0.717, 1.165) is 0 Å². The highest BCUT2D eigenvalue weighted by atomic mass is 32.2. The molecule has 2 N–H and O–H groups in total. The first kappa shape index (κ1) is 20.2. The minimum atomic E-state index is -3.54. The van der Waals surface area contributed by atoms with Crippen LogP contribution in [0.15, 0.2) is 24.3 Å². The van der Waals surface area contributed by atoms with E-state index in [2.05, 4.69) is 4.72 Å². The second-order valence-corrected chi connectivity index (χ2v) is 8.41. The quantitative estimate of drug-likeness (QED) is 0.735. The van der Waals surface area contributed by atoms with Gasteiger partial charge in [0.2, 0.25) is 10.0 Å². The lowest BCUT2D eigenvalue weighted by Crippen LogP contribution is -2.52. The number of methoxy groups -OCH3 is 1. The Balaban J connectivity index is 2.30. The van der Waals surface area contributed by atoms with Crippen LogP contribution in [0.2, 0.25) is 0 Å². The number of para-hydroxylation sites is 1. The van der Waals surface area contributed by atoms with Gasteiger partial charge in [-0.1, -0.05) is 12.1 Å². The summed E-state index contributed by atoms with van der Waals surface area (Å²) in [5.41, 5.74) is -0.763. The molecule has 1 aliphatic heterocycles. The zero-order valence-electron chi connectivity index (χ0n) is 14.9. The summed E-state index contributed by atoms with van der Waals surface area (Å²) in [6.07, 6.45) is 0.953. The first-order valence-corrected chi connectivity index (χ1v) is 10.0. The van der Waals surface area contributed by atoms with Crippen molar-refractivity contribution in [3.8, 4) is 0 Å². The normalized spacial score (nSPS) is 20.6. The number of hydrogen-bond donors (Lipinski definition) is 2. The summed E-state index contributed by atoms with van der Waals surface area (Å²) in [6, 6.07) is 6.32. The number of carbonyl (C=O) groups excluding carboxylic acids is 1. The molecule has 9 heteroatoms. The van der Waals surface area contributed by atoms with Crippen molar-refractivity contribution in [2.75, 3.05) is 37.3 Å². The summed E-state index contributed by atoms with van der Waals surface area (Å²) in [7, 11) is -2.11. The van der Waals surface area contributed by atoms with Gasteiger partial charge in [0.1, 0.15) is 5.41 Å². The Labute approximate surface area is 153 Å². The van der Waals surface area contributed by atoms with Crippen LogP contribution < -0.4 is 4.72 Å². The molecular weight excluding hydrogens is 360 g/mol. The van der Waals surface area contributed by atoms with Crippen LogP contribution in [0, 0.1) is 5.41 Å². The monoisotopic (exact) mass is 384 g/mol. The fourth-order valence-electron chi connectivity index (χ4n) is 3.10. The smallest absolute Gasteiger partial charge is 0.313 e. The molecule has 1 aliphatic rings. The van der Waals surface area contributed by atoms with E-state index < -0.39 is 27.3 Å². The molecule has 0 aliphatic carbocycles. The predicted octanol–water partition coefficient (Wildman–Crippen LogP) is 1.40. The molecule has 1 fully saturated rings. The van der Waals surface area contributed by atoms with E-state index in [9.17, 15) is 23.1 Å². The van der Waals surface area contributed by atoms with Crippen LogP contribution >= 0.6 is 0 Å². The number of benzene rings is 1. The lowest BCUT2D eigenvalue weighted by atomic mass is 9.80. The Kier molecular flexibility index (Phi) is 6.25. The third-order valence-corrected chi connectivity index (χ3v) is 5.83. The van der Waals surface area contributed by atoms with E-state index in [1.54, 1.807) is 12.1 Å². The molecule has 1 heterocycles. The van der Waals surface area contributed by atoms with Crippen LogP contribution in [0.25, 0.3) is 0 Å². The van der Waals surface area contributed by atoms with Crippen molar-refractivity contribution in [2.45, 2.75) is 19.8 Å². The molecule has 144 valence electrons. The topological polar surface area (TPSA) is 113 Å². The third-order valence-electron chi connectivity index (χ3n) is 4.54. The number of hydrogen-bond acceptors (Lipinski definition) is 5. The Morgan fingerprint density at radius 3 is 2.65 bits per heavy atom. The van der Waals surface area contributed by atoms with Crippen molar-refractivity contribution in [3.63, 3.8) is 0 Å². The molecule has 0 saturated carbocycles. The summed E-state index contributed by atoms with van der Waals surface area (Å²) in [5, 5.41) is 9.62. The van der Waals surface area contributed by atoms with Gasteiger partial charge in [0.05, 0.1) is 23.6 Å². The highest BCUT2D eigenvalue weighted by molar-refractivity contribution is 7.92. The minimum Gasteiger partial charge on any atom is -0.481 e. The van der Waals surface area contributed by atoms with Gasteiger partial charge in [0.15, 0.2) is 0 Å². The number of carboxylic acids is 1. The maximum atomic E-state index is 13.0. The lowest BCUT2D eigenvalue weighted by molar-refractivity contribution is -0.155. The fourth-order valence-corrected chi connectivity index (χ4v) is 3.76. The van der Waals surface area contributed by atoms with Gasteiger partial charge >= 0.3 is 5.97 Å². The largest absolute Gasteiger partial charge is 0.481 e. The zero-order chi connectivity index (χ0) is 19.4. The molecule has 0 spiro atoms. The number of piperidine rings is 1. The number of aliphatic carboxylic acids is 1. The number of rotatable bonds is 7. The highest BCUT2D eigenvalue weighted by Crippen LogP contribution is 2.32. The van der Waals surface area contributed by atoms with Gasteiger partial charge in [-0.25, -0.2) is 8.42 Å². The summed E-state index contributed by atoms with van der Waals surface area (Å²) in [5.74, 6) is -1.52. The number of ether oxygens (including phenoxy) is 1. The third kappa shape index (κ3) is 4.34. The van der Waals surface area contributed by atoms with E-state index in [4.69, 9.17) is 4.74 Å². The van der Waals surface area contributed by atoms with Crippen molar-refractivity contribution in [1.82, 2.24) is 4.90 Å². The van der Waals surface area contributed by atoms with Gasteiger partial charge in [0.25, 0.3) is 5.91 Å². The first-order valence-electron chi connectivity index (χ1n) is 8.36. The summed E-state index contributed by atoms with van der Waals surface area (Å²) in [6.45, 7) is 1.94. The van der Waals surface area contributed by atoms with Gasteiger partial charge in [-0.3, -0.25) is 14.3 Å². The Morgan fingerprint density at radius 1 is 1.35 bits per heavy atom. The van der Waals surface area contributed by atoms with Crippen molar-refractivity contribution in [1.29, 1.82) is 0 Å². The van der Waals surface area contributed by atoms with Crippen LogP contribution in [0.1, 0.15) is 30.1 Å². The van der Waals surface area contributed by atoms with E-state index in [1.165, 1.54) is 31.1 Å². The average molecular weight is 384 g/mol. The van der Waals surface area contributed by atoms with Crippen LogP contribution in [0.4, 0.5) is 5.69 Å². The molecule has 8 nitrogen and oxygen atoms in total. The van der Waals surface area contributed by atoms with Gasteiger partial charge in [-0.15, -0.1) is 0 Å². The number of sulfonamides is 1. The van der Waals surface area contributed by atoms with Crippen molar-refractivity contribution < 1.29 is 27.9 Å². The molecule has 1 saturated heterocycles. The van der Waals surface area contributed by atoms with Crippen molar-refractivity contribution >= 4 is 27.6 Å². The molecule has 1 unspecified atom stereocenters. The van der Waals surface area contributed by atoms with Crippen molar-refractivity contribution in [3.05, 3.63) is 29.8 Å². The van der Waals surface area contributed by atoms with Crippen molar-refractivity contribution in [2.24, 2.45) is 5.41 Å². The second kappa shape index (κ2) is 8.05. The standard InChI is InChI=1S/C17H24N2O6S/c1-3-26(23,24)18-14-8-5-4-7-13(14)15(20)19-10-6-9-17(11-19,12-25-2)16(21)22/h4-5,7-8,18H,3,6,9-12H2,1-2H3,(H,21,22). The van der Waals surface area contributed by atoms with Gasteiger partial charge in [-0.05, 0) is 31.9 Å². The molecule has 2 rings (SSSR count). The zero-order valence-corrected chi connectivity index (χ0v) is 15.7. The molecule has 1 aromatic carbocycles. The Hall–Kier alpha value is -2.13. The SMILES string of the molecule is CCS(=O)(=O)Nc1ccccc1C(=O)N1CCCC(COC)(C(=O)O)C1. The van der Waals surface area contributed by atoms with E-state index in [-0.39, 0.29) is 30.2 Å². The summed E-state index contributed by atoms with van der Waals surface area (Å²) >= 11 is 0. The molecule has 1 atom stereocenters. The van der Waals surface area contributed by atoms with Gasteiger partial charge in [0, 0.05) is 20.2 Å². The van der Waals surface area contributed by atoms with Crippen LogP contribution in [-0.2, 0) is 19.6 Å². The molecule has 0 aromatic heterocycles. The fraction of sp³-hybridized carbons (Fsp3) is 0.529. The molecule has 26 heavy (non-hydrogen) atoms. The summed E-state index contributed by atoms with van der Waals surface area (Å²) in [4.78, 5) is 26.2. The second-order valence-electron chi connectivity index (χ2n) is 6.40. The van der Waals surface area contributed by atoms with Crippen LogP contribution in [-0.4, -0.2) is 62.9 Å². The summed E-state index contributed by atoms with van der Waals surface area (Å²) < 4.78 is 31.2. The minimum absolute atomic E-state index is 0.0101. The molecule has 1 amide bonds. The molecule has 1 aromatic rings. The van der Waals surface area contributed by atoms with Crippen LogP contribution in [0.5, 0.6) is 0 Å². The Morgan fingerprint density at radius 2 is 2.04 bits per heavy atom. The number of carbonyl (C=O) groups is 2. The molecule has 0 radical (unpaired) electrons. The maximum absolute atomic E-state index is 13.0. The van der Waals surface area contributed by atoms with E-state index in [1.807, 2.05) is 0 Å². The van der Waals surface area contributed by atoms with E-state index >= 15 is 0 Å². The van der Waals surface area contributed by atoms with Crippen LogP contribution in [0.3, 0.4) is 0 Å². The number of nitrogens with zero attached hydrogens (tertiary/aromatic N) is 1. The number of likely N-dealkylation sites (tertiary alicyclic amines) is 1. The Bertz CT molecular complexity index is 775. The lowest BCUT2D eigenvalue weighted by Gasteiger charge is -2.39. The van der Waals surface area contributed by atoms with E-state index in [0.29, 0.717) is 19.4 Å². The predicted molar refractivity (Wildman–Crippen MR) is 96.6 cm³/mol. The maximum Gasteiger partial charge on any atom is 0.313 e. The molecule has 0 bridgehead atoms. The number of nitrogens with one attached hydrogen (secondary N) is 1. The first-order chi connectivity index (χ1) is 12.2. The van der Waals surface area contributed by atoms with Gasteiger partial charge < -0.3 is 14.7 Å². The van der Waals surface area contributed by atoms with Gasteiger partial charge in [-0.2, -0.15) is 0 Å². The number of carboxylic acid groups (broad SMARTS) is 1. The highest BCUT2D eigenvalue weighted by Gasteiger charge is 2.44.